The molecule has 2 rings (SSSR count). The Bertz CT molecular complexity index is 580. The first-order valence-electron chi connectivity index (χ1n) is 6.51. The minimum atomic E-state index is 0.646. The Morgan fingerprint density at radius 2 is 1.89 bits per heavy atom. The van der Waals surface area contributed by atoms with Gasteiger partial charge in [0.05, 0.1) is 0 Å². The first-order valence-corrected chi connectivity index (χ1v) is 6.51. The normalized spacial score (nSPS) is 10.5. The number of hydrogen-bond donors (Lipinski definition) is 1. The Kier molecular flexibility index (Phi) is 4.04. The largest absolute Gasteiger partial charge is 0.370 e. The van der Waals surface area contributed by atoms with Gasteiger partial charge in [-0.1, -0.05) is 6.92 Å². The van der Waals surface area contributed by atoms with E-state index in [0.29, 0.717) is 5.82 Å². The van der Waals surface area contributed by atoms with Gasteiger partial charge in [-0.3, -0.25) is 0 Å². The average Bonchev–Trinajstić information content (AvgIpc) is 2.40. The Labute approximate surface area is 113 Å². The Balaban J connectivity index is 2.44. The lowest BCUT2D eigenvalue weighted by Gasteiger charge is -2.11. The van der Waals surface area contributed by atoms with Gasteiger partial charge in [-0.2, -0.15) is 0 Å². The Hall–Kier alpha value is -2.04. The van der Waals surface area contributed by atoms with Gasteiger partial charge in [0.15, 0.2) is 5.82 Å². The van der Waals surface area contributed by atoms with Crippen molar-refractivity contribution in [1.82, 2.24) is 19.9 Å². The highest BCUT2D eigenvalue weighted by atomic mass is 15.0. The molecule has 0 aliphatic heterocycles. The summed E-state index contributed by atoms with van der Waals surface area (Å²) >= 11 is 0. The fraction of sp³-hybridized carbons (Fsp3) is 0.429. The third-order valence-corrected chi connectivity index (χ3v) is 2.94. The first-order chi connectivity index (χ1) is 9.11. The van der Waals surface area contributed by atoms with Crippen molar-refractivity contribution in [2.75, 3.05) is 11.9 Å². The monoisotopic (exact) mass is 257 g/mol. The van der Waals surface area contributed by atoms with E-state index in [4.69, 9.17) is 0 Å². The molecule has 0 fully saturated rings. The third kappa shape index (κ3) is 3.05. The molecule has 2 heterocycles. The smallest absolute Gasteiger partial charge is 0.180 e. The lowest BCUT2D eigenvalue weighted by Crippen LogP contribution is -2.08. The summed E-state index contributed by atoms with van der Waals surface area (Å²) in [7, 11) is 0. The molecule has 0 bridgehead atoms. The summed E-state index contributed by atoms with van der Waals surface area (Å²) in [5.41, 5.74) is 2.82. The van der Waals surface area contributed by atoms with Gasteiger partial charge in [-0.15, -0.1) is 0 Å². The lowest BCUT2D eigenvalue weighted by molar-refractivity contribution is 0.950. The van der Waals surface area contributed by atoms with Crippen molar-refractivity contribution in [2.24, 2.45) is 0 Å². The maximum Gasteiger partial charge on any atom is 0.180 e. The number of aryl methyl sites for hydroxylation is 2. The molecule has 19 heavy (non-hydrogen) atoms. The van der Waals surface area contributed by atoms with Crippen LogP contribution < -0.4 is 5.32 Å². The highest BCUT2D eigenvalue weighted by Crippen LogP contribution is 2.20. The van der Waals surface area contributed by atoms with Gasteiger partial charge in [-0.05, 0) is 33.3 Å². The number of aromatic nitrogens is 4. The lowest BCUT2D eigenvalue weighted by atomic mass is 10.2. The minimum Gasteiger partial charge on any atom is -0.370 e. The minimum absolute atomic E-state index is 0.646. The van der Waals surface area contributed by atoms with Crippen LogP contribution >= 0.6 is 0 Å². The fourth-order valence-corrected chi connectivity index (χ4v) is 1.74. The number of nitrogens with zero attached hydrogens (tertiary/aromatic N) is 4. The molecule has 0 radical (unpaired) electrons. The van der Waals surface area contributed by atoms with Crippen molar-refractivity contribution in [3.05, 3.63) is 29.3 Å². The molecule has 0 saturated heterocycles. The first kappa shape index (κ1) is 13.4. The summed E-state index contributed by atoms with van der Waals surface area (Å²) in [5, 5.41) is 3.33. The maximum absolute atomic E-state index is 4.57. The van der Waals surface area contributed by atoms with E-state index in [1.54, 1.807) is 6.20 Å². The van der Waals surface area contributed by atoms with Crippen molar-refractivity contribution < 1.29 is 0 Å². The number of rotatable bonds is 4. The van der Waals surface area contributed by atoms with Gasteiger partial charge in [0.1, 0.15) is 17.3 Å². The van der Waals surface area contributed by atoms with E-state index in [9.17, 15) is 0 Å². The number of nitrogens with one attached hydrogen (secondary N) is 1. The van der Waals surface area contributed by atoms with Crippen LogP contribution in [-0.4, -0.2) is 26.5 Å². The molecule has 1 N–H and O–H groups in total. The summed E-state index contributed by atoms with van der Waals surface area (Å²) in [6, 6.07) is 1.83. The summed E-state index contributed by atoms with van der Waals surface area (Å²) < 4.78 is 0. The van der Waals surface area contributed by atoms with Crippen LogP contribution in [0.15, 0.2) is 12.3 Å². The topological polar surface area (TPSA) is 63.6 Å². The SMILES string of the molecule is CCCNc1nc(-c2ccnc(C)n2)nc(C)c1C. The molecule has 0 atom stereocenters. The van der Waals surface area contributed by atoms with Crippen LogP contribution in [0.2, 0.25) is 0 Å². The fourth-order valence-electron chi connectivity index (χ4n) is 1.74. The predicted molar refractivity (Wildman–Crippen MR) is 76.0 cm³/mol. The van der Waals surface area contributed by atoms with Gasteiger partial charge < -0.3 is 5.32 Å². The molecule has 0 aromatic carbocycles. The average molecular weight is 257 g/mol. The highest BCUT2D eigenvalue weighted by Gasteiger charge is 2.10. The van der Waals surface area contributed by atoms with Crippen LogP contribution in [0.1, 0.15) is 30.4 Å². The second-order valence-electron chi connectivity index (χ2n) is 4.52. The third-order valence-electron chi connectivity index (χ3n) is 2.94. The zero-order chi connectivity index (χ0) is 13.8. The molecule has 100 valence electrons. The van der Waals surface area contributed by atoms with E-state index in [1.807, 2.05) is 26.8 Å². The molecule has 0 spiro atoms. The Morgan fingerprint density at radius 1 is 1.11 bits per heavy atom. The van der Waals surface area contributed by atoms with Gasteiger partial charge in [0, 0.05) is 24.0 Å². The summed E-state index contributed by atoms with van der Waals surface area (Å²) in [4.78, 5) is 17.5. The van der Waals surface area contributed by atoms with Crippen molar-refractivity contribution in [2.45, 2.75) is 34.1 Å². The van der Waals surface area contributed by atoms with E-state index >= 15 is 0 Å². The molecule has 0 saturated carbocycles. The van der Waals surface area contributed by atoms with Gasteiger partial charge >= 0.3 is 0 Å². The van der Waals surface area contributed by atoms with Crippen LogP contribution in [0, 0.1) is 20.8 Å². The molecular weight excluding hydrogens is 238 g/mol. The Morgan fingerprint density at radius 3 is 2.58 bits per heavy atom. The standard InChI is InChI=1S/C14H19N5/c1-5-7-16-13-9(2)10(3)17-14(19-13)12-6-8-15-11(4)18-12/h6,8H,5,7H2,1-4H3,(H,16,17,19). The molecule has 0 amide bonds. The van der Waals surface area contributed by atoms with Crippen molar-refractivity contribution in [3.8, 4) is 11.5 Å². The molecular formula is C14H19N5. The molecule has 5 nitrogen and oxygen atoms in total. The van der Waals surface area contributed by atoms with Crippen molar-refractivity contribution in [3.63, 3.8) is 0 Å². The zero-order valence-corrected chi connectivity index (χ0v) is 11.9. The van der Waals surface area contributed by atoms with Gasteiger partial charge in [0.2, 0.25) is 0 Å². The second kappa shape index (κ2) is 5.73. The molecule has 0 aliphatic rings. The summed E-state index contributed by atoms with van der Waals surface area (Å²) in [5.74, 6) is 2.26. The number of anilines is 1. The number of hydrogen-bond acceptors (Lipinski definition) is 5. The van der Waals surface area contributed by atoms with E-state index in [0.717, 1.165) is 41.6 Å². The molecule has 0 unspecified atom stereocenters. The van der Waals surface area contributed by atoms with Gasteiger partial charge in [-0.25, -0.2) is 19.9 Å². The maximum atomic E-state index is 4.57. The highest BCUT2D eigenvalue weighted by molar-refractivity contribution is 5.56. The summed E-state index contributed by atoms with van der Waals surface area (Å²) in [6.45, 7) is 8.92. The molecule has 2 aromatic heterocycles. The second-order valence-corrected chi connectivity index (χ2v) is 4.52. The van der Waals surface area contributed by atoms with Crippen LogP contribution in [0.5, 0.6) is 0 Å². The van der Waals surface area contributed by atoms with Crippen LogP contribution in [-0.2, 0) is 0 Å². The van der Waals surface area contributed by atoms with Gasteiger partial charge in [0.25, 0.3) is 0 Å². The molecule has 0 aliphatic carbocycles. The van der Waals surface area contributed by atoms with E-state index in [2.05, 4.69) is 32.2 Å². The van der Waals surface area contributed by atoms with Crippen LogP contribution in [0.25, 0.3) is 11.5 Å². The van der Waals surface area contributed by atoms with E-state index < -0.39 is 0 Å². The van der Waals surface area contributed by atoms with E-state index in [-0.39, 0.29) is 0 Å². The quantitative estimate of drug-likeness (QED) is 0.912. The zero-order valence-electron chi connectivity index (χ0n) is 11.9. The van der Waals surface area contributed by atoms with E-state index in [1.165, 1.54) is 0 Å². The van der Waals surface area contributed by atoms with Crippen LogP contribution in [0.3, 0.4) is 0 Å². The van der Waals surface area contributed by atoms with Crippen molar-refractivity contribution in [1.29, 1.82) is 0 Å². The summed E-state index contributed by atoms with van der Waals surface area (Å²) in [6.07, 6.45) is 2.79. The van der Waals surface area contributed by atoms with Crippen molar-refractivity contribution >= 4 is 5.82 Å². The molecule has 5 heteroatoms. The molecule has 2 aromatic rings. The van der Waals surface area contributed by atoms with Crippen LogP contribution in [0.4, 0.5) is 5.82 Å². The predicted octanol–water partition coefficient (Wildman–Crippen LogP) is 2.68.